The van der Waals surface area contributed by atoms with E-state index in [0.29, 0.717) is 46.6 Å². The summed E-state index contributed by atoms with van der Waals surface area (Å²) in [6.45, 7) is 2.45. The first-order chi connectivity index (χ1) is 14.4. The zero-order chi connectivity index (χ0) is 21.4. The zero-order valence-electron chi connectivity index (χ0n) is 16.6. The first kappa shape index (κ1) is 19.6. The van der Waals surface area contributed by atoms with Gasteiger partial charge in [0.05, 0.1) is 22.8 Å². The summed E-state index contributed by atoms with van der Waals surface area (Å²) < 4.78 is 1.52. The molecule has 3 aromatic rings. The second-order valence-electron chi connectivity index (χ2n) is 7.29. The van der Waals surface area contributed by atoms with Crippen molar-refractivity contribution in [3.63, 3.8) is 0 Å². The Morgan fingerprint density at radius 1 is 1.23 bits per heavy atom. The summed E-state index contributed by atoms with van der Waals surface area (Å²) in [6, 6.07) is 8.37. The number of likely N-dealkylation sites (tertiary alicyclic amines) is 1. The highest BCUT2D eigenvalue weighted by Crippen LogP contribution is 2.28. The molecule has 0 saturated carbocycles. The average molecular weight is 407 g/mol. The van der Waals surface area contributed by atoms with Crippen LogP contribution in [0.3, 0.4) is 0 Å². The number of aromatic nitrogens is 3. The molecule has 1 fully saturated rings. The third-order valence-electron chi connectivity index (χ3n) is 5.36. The number of nitrogens with one attached hydrogen (secondary N) is 1. The molecule has 154 valence electrons. The van der Waals surface area contributed by atoms with Crippen LogP contribution < -0.4 is 10.9 Å². The molecule has 0 bridgehead atoms. The summed E-state index contributed by atoms with van der Waals surface area (Å²) in [5.41, 5.74) is 1.98. The average Bonchev–Trinajstić information content (AvgIpc) is 3.24. The predicted octanol–water partition coefficient (Wildman–Crippen LogP) is 1.92. The van der Waals surface area contributed by atoms with Gasteiger partial charge in [-0.25, -0.2) is 9.78 Å². The molecule has 1 saturated heterocycles. The molecule has 1 aliphatic heterocycles. The lowest BCUT2D eigenvalue weighted by Gasteiger charge is -2.18. The minimum absolute atomic E-state index is 0.222. The number of fused-ring (bicyclic) bond motifs is 1. The van der Waals surface area contributed by atoms with Gasteiger partial charge in [-0.15, -0.1) is 0 Å². The fourth-order valence-electron chi connectivity index (χ4n) is 3.79. The van der Waals surface area contributed by atoms with Gasteiger partial charge in [0, 0.05) is 37.3 Å². The fourth-order valence-corrected chi connectivity index (χ4v) is 3.79. The molecule has 9 nitrogen and oxygen atoms in total. The van der Waals surface area contributed by atoms with Crippen LogP contribution in [0.4, 0.5) is 4.79 Å². The minimum Gasteiger partial charge on any atom is -0.465 e. The van der Waals surface area contributed by atoms with Crippen LogP contribution in [0.5, 0.6) is 0 Å². The van der Waals surface area contributed by atoms with Gasteiger partial charge in [-0.1, -0.05) is 0 Å². The van der Waals surface area contributed by atoms with E-state index in [4.69, 9.17) is 4.98 Å². The van der Waals surface area contributed by atoms with Crippen LogP contribution in [0.15, 0.2) is 41.3 Å². The van der Waals surface area contributed by atoms with Crippen molar-refractivity contribution in [1.29, 1.82) is 0 Å². The molecule has 3 heterocycles. The molecular formula is C21H21N5O4. The molecular weight excluding hydrogens is 386 g/mol. The highest BCUT2D eigenvalue weighted by atomic mass is 16.4. The Kier molecular flexibility index (Phi) is 4.94. The molecule has 1 unspecified atom stereocenters. The van der Waals surface area contributed by atoms with Crippen LogP contribution >= 0.6 is 0 Å². The van der Waals surface area contributed by atoms with Crippen LogP contribution in [0, 0.1) is 6.92 Å². The van der Waals surface area contributed by atoms with Crippen molar-refractivity contribution in [2.24, 2.45) is 0 Å². The van der Waals surface area contributed by atoms with Crippen LogP contribution in [-0.2, 0) is 0 Å². The molecule has 2 N–H and O–H groups in total. The Morgan fingerprint density at radius 3 is 2.60 bits per heavy atom. The molecule has 0 aliphatic carbocycles. The molecule has 0 spiro atoms. The molecule has 4 rings (SSSR count). The van der Waals surface area contributed by atoms with E-state index in [1.165, 1.54) is 9.47 Å². The Bertz CT molecular complexity index is 1200. The van der Waals surface area contributed by atoms with E-state index in [1.807, 2.05) is 0 Å². The van der Waals surface area contributed by atoms with Crippen molar-refractivity contribution in [3.8, 4) is 5.69 Å². The monoisotopic (exact) mass is 407 g/mol. The third-order valence-corrected chi connectivity index (χ3v) is 5.36. The molecule has 0 radical (unpaired) electrons. The Hall–Kier alpha value is -3.75. The van der Waals surface area contributed by atoms with E-state index in [1.54, 1.807) is 50.5 Å². The Balaban J connectivity index is 1.90. The van der Waals surface area contributed by atoms with Gasteiger partial charge in [-0.2, -0.15) is 0 Å². The standard InChI is InChI=1S/C21H21N5O4/c1-12-9-16-17(10-23-12)24-18(14-7-8-25(11-14)21(29)30)26(20(16)28)15-5-3-13(4-6-15)19(27)22-2/h3-6,9-10,14H,7-8,11H2,1-2H3,(H,22,27)(H,29,30). The summed E-state index contributed by atoms with van der Waals surface area (Å²) in [4.78, 5) is 46.9. The van der Waals surface area contributed by atoms with Gasteiger partial charge in [0.25, 0.3) is 11.5 Å². The maximum Gasteiger partial charge on any atom is 0.407 e. The number of rotatable bonds is 3. The van der Waals surface area contributed by atoms with E-state index in [2.05, 4.69) is 10.3 Å². The molecule has 1 atom stereocenters. The Labute approximate surface area is 172 Å². The van der Waals surface area contributed by atoms with E-state index < -0.39 is 6.09 Å². The maximum absolute atomic E-state index is 13.4. The molecule has 2 amide bonds. The topological polar surface area (TPSA) is 117 Å². The number of hydrogen-bond acceptors (Lipinski definition) is 5. The largest absolute Gasteiger partial charge is 0.465 e. The molecule has 1 aliphatic rings. The summed E-state index contributed by atoms with van der Waals surface area (Å²) in [5, 5.41) is 12.3. The normalized spacial score (nSPS) is 16.1. The van der Waals surface area contributed by atoms with E-state index in [9.17, 15) is 19.5 Å². The number of carboxylic acid groups (broad SMARTS) is 1. The van der Waals surface area contributed by atoms with Gasteiger partial charge in [-0.3, -0.25) is 19.1 Å². The summed E-state index contributed by atoms with van der Waals surface area (Å²) in [7, 11) is 1.55. The smallest absolute Gasteiger partial charge is 0.407 e. The van der Waals surface area contributed by atoms with Crippen molar-refractivity contribution in [2.75, 3.05) is 20.1 Å². The molecule has 1 aromatic carbocycles. The molecule has 2 aromatic heterocycles. The number of aryl methyl sites for hydroxylation is 1. The lowest BCUT2D eigenvalue weighted by atomic mass is 10.1. The highest BCUT2D eigenvalue weighted by molar-refractivity contribution is 5.94. The number of amides is 2. The number of pyridine rings is 1. The summed E-state index contributed by atoms with van der Waals surface area (Å²) in [5.74, 6) is 0.0491. The third kappa shape index (κ3) is 3.38. The number of carbonyl (C=O) groups is 2. The van der Waals surface area contributed by atoms with E-state index in [0.717, 1.165) is 0 Å². The van der Waals surface area contributed by atoms with Crippen LogP contribution in [0.25, 0.3) is 16.6 Å². The fraction of sp³-hybridized carbons (Fsp3) is 0.286. The highest BCUT2D eigenvalue weighted by Gasteiger charge is 2.31. The first-order valence-electron chi connectivity index (χ1n) is 9.58. The maximum atomic E-state index is 13.4. The van der Waals surface area contributed by atoms with Crippen molar-refractivity contribution in [2.45, 2.75) is 19.3 Å². The number of nitrogens with zero attached hydrogens (tertiary/aromatic N) is 4. The number of hydrogen-bond donors (Lipinski definition) is 2. The van der Waals surface area contributed by atoms with Crippen molar-refractivity contribution in [1.82, 2.24) is 24.8 Å². The van der Waals surface area contributed by atoms with Gasteiger partial charge >= 0.3 is 6.09 Å². The van der Waals surface area contributed by atoms with Crippen LogP contribution in [0.2, 0.25) is 0 Å². The number of benzene rings is 1. The van der Waals surface area contributed by atoms with Crippen molar-refractivity contribution >= 4 is 22.9 Å². The van der Waals surface area contributed by atoms with Crippen molar-refractivity contribution < 1.29 is 14.7 Å². The van der Waals surface area contributed by atoms with Gasteiger partial charge in [0.15, 0.2) is 0 Å². The van der Waals surface area contributed by atoms with Crippen molar-refractivity contribution in [3.05, 3.63) is 64.0 Å². The van der Waals surface area contributed by atoms with Gasteiger partial charge in [0.1, 0.15) is 5.82 Å². The first-order valence-corrected chi connectivity index (χ1v) is 9.58. The lowest BCUT2D eigenvalue weighted by Crippen LogP contribution is -2.29. The minimum atomic E-state index is -0.987. The second-order valence-corrected chi connectivity index (χ2v) is 7.29. The summed E-state index contributed by atoms with van der Waals surface area (Å²) in [6.07, 6.45) is 1.15. The molecule has 30 heavy (non-hydrogen) atoms. The SMILES string of the molecule is CNC(=O)c1ccc(-n2c(C3CCN(C(=O)O)C3)nc3cnc(C)cc3c2=O)cc1. The predicted molar refractivity (Wildman–Crippen MR) is 110 cm³/mol. The van der Waals surface area contributed by atoms with Gasteiger partial charge < -0.3 is 15.3 Å². The van der Waals surface area contributed by atoms with E-state index in [-0.39, 0.29) is 23.9 Å². The number of carbonyl (C=O) groups excluding carboxylic acids is 1. The second kappa shape index (κ2) is 7.58. The lowest BCUT2D eigenvalue weighted by molar-refractivity contribution is 0.0963. The van der Waals surface area contributed by atoms with Crippen LogP contribution in [0.1, 0.15) is 34.2 Å². The quantitative estimate of drug-likeness (QED) is 0.685. The van der Waals surface area contributed by atoms with Gasteiger partial charge in [-0.05, 0) is 43.7 Å². The van der Waals surface area contributed by atoms with Crippen LogP contribution in [-0.4, -0.2) is 56.7 Å². The van der Waals surface area contributed by atoms with E-state index >= 15 is 0 Å². The Morgan fingerprint density at radius 2 is 1.97 bits per heavy atom. The zero-order valence-corrected chi connectivity index (χ0v) is 16.6. The summed E-state index contributed by atoms with van der Waals surface area (Å²) >= 11 is 0. The van der Waals surface area contributed by atoms with Gasteiger partial charge in [0.2, 0.25) is 0 Å². The molecule has 9 heteroatoms.